The fourth-order valence-electron chi connectivity index (χ4n) is 2.28. The highest BCUT2D eigenvalue weighted by Gasteiger charge is 2.21. The van der Waals surface area contributed by atoms with Crippen LogP contribution in [-0.2, 0) is 22.4 Å². The standard InChI is InChI=1S/C15H20O2S/c1-2-9-18-11-15(16)17-14-8-7-12-5-3-4-6-13(12)10-14/h3-6,14H,2,7-11H2,1H3. The number of esters is 1. The Hall–Kier alpha value is -0.960. The lowest BCUT2D eigenvalue weighted by Crippen LogP contribution is -2.26. The molecule has 0 saturated heterocycles. The SMILES string of the molecule is CCCSCC(=O)OC1CCc2ccccc2C1. The Labute approximate surface area is 113 Å². The second-order valence-corrected chi connectivity index (χ2v) is 5.78. The molecule has 0 fully saturated rings. The number of aryl methyl sites for hydroxylation is 1. The van der Waals surface area contributed by atoms with Crippen LogP contribution in [-0.4, -0.2) is 23.6 Å². The molecule has 0 amide bonds. The van der Waals surface area contributed by atoms with Gasteiger partial charge in [-0.3, -0.25) is 4.79 Å². The summed E-state index contributed by atoms with van der Waals surface area (Å²) < 4.78 is 5.53. The van der Waals surface area contributed by atoms with E-state index in [1.165, 1.54) is 11.1 Å². The molecular weight excluding hydrogens is 244 g/mol. The van der Waals surface area contributed by atoms with Crippen molar-refractivity contribution in [3.63, 3.8) is 0 Å². The van der Waals surface area contributed by atoms with Crippen molar-refractivity contribution in [2.45, 2.75) is 38.7 Å². The van der Waals surface area contributed by atoms with Crippen LogP contribution in [0.15, 0.2) is 24.3 Å². The van der Waals surface area contributed by atoms with Crippen LogP contribution in [0.1, 0.15) is 30.9 Å². The molecule has 1 aliphatic carbocycles. The number of thioether (sulfide) groups is 1. The van der Waals surface area contributed by atoms with E-state index in [0.29, 0.717) is 5.75 Å². The largest absolute Gasteiger partial charge is 0.461 e. The van der Waals surface area contributed by atoms with Gasteiger partial charge in [-0.05, 0) is 36.1 Å². The molecule has 0 N–H and O–H groups in total. The maximum absolute atomic E-state index is 11.7. The maximum atomic E-state index is 11.7. The first-order valence-corrected chi connectivity index (χ1v) is 7.79. The van der Waals surface area contributed by atoms with Gasteiger partial charge in [-0.25, -0.2) is 0 Å². The Morgan fingerprint density at radius 3 is 2.94 bits per heavy atom. The molecule has 98 valence electrons. The van der Waals surface area contributed by atoms with Crippen LogP contribution < -0.4 is 0 Å². The number of rotatable bonds is 5. The van der Waals surface area contributed by atoms with Crippen LogP contribution in [0.25, 0.3) is 0 Å². The maximum Gasteiger partial charge on any atom is 0.316 e. The Balaban J connectivity index is 1.80. The lowest BCUT2D eigenvalue weighted by atomic mass is 9.90. The molecule has 18 heavy (non-hydrogen) atoms. The lowest BCUT2D eigenvalue weighted by molar-refractivity contribution is -0.146. The predicted octanol–water partition coefficient (Wildman–Crippen LogP) is 3.23. The fraction of sp³-hybridized carbons (Fsp3) is 0.533. The summed E-state index contributed by atoms with van der Waals surface area (Å²) in [6, 6.07) is 8.44. The van der Waals surface area contributed by atoms with E-state index in [1.54, 1.807) is 11.8 Å². The fourth-order valence-corrected chi connectivity index (χ4v) is 2.95. The monoisotopic (exact) mass is 264 g/mol. The van der Waals surface area contributed by atoms with Gasteiger partial charge in [0.2, 0.25) is 0 Å². The molecule has 2 nitrogen and oxygen atoms in total. The van der Waals surface area contributed by atoms with Crippen LogP contribution >= 0.6 is 11.8 Å². The van der Waals surface area contributed by atoms with Crippen molar-refractivity contribution >= 4 is 17.7 Å². The molecule has 1 aromatic rings. The third kappa shape index (κ3) is 3.77. The van der Waals surface area contributed by atoms with Crippen molar-refractivity contribution in [1.82, 2.24) is 0 Å². The van der Waals surface area contributed by atoms with Crippen LogP contribution in [0.5, 0.6) is 0 Å². The van der Waals surface area contributed by atoms with E-state index in [4.69, 9.17) is 4.74 Å². The number of benzene rings is 1. The minimum atomic E-state index is -0.0576. The summed E-state index contributed by atoms with van der Waals surface area (Å²) in [5.74, 6) is 1.46. The molecular formula is C15H20O2S. The average Bonchev–Trinajstić information content (AvgIpc) is 2.39. The molecule has 1 atom stereocenters. The molecule has 0 saturated carbocycles. The number of carbonyl (C=O) groups excluding carboxylic acids is 1. The zero-order chi connectivity index (χ0) is 12.8. The molecule has 0 heterocycles. The summed E-state index contributed by atoms with van der Waals surface area (Å²) in [6.07, 6.45) is 4.04. The van der Waals surface area contributed by atoms with Crippen molar-refractivity contribution in [3.8, 4) is 0 Å². The van der Waals surface area contributed by atoms with Crippen molar-refractivity contribution in [1.29, 1.82) is 0 Å². The van der Waals surface area contributed by atoms with E-state index in [1.807, 2.05) is 0 Å². The van der Waals surface area contributed by atoms with Crippen molar-refractivity contribution in [2.75, 3.05) is 11.5 Å². The minimum absolute atomic E-state index is 0.0576. The smallest absolute Gasteiger partial charge is 0.316 e. The van der Waals surface area contributed by atoms with Gasteiger partial charge in [0.15, 0.2) is 0 Å². The summed E-state index contributed by atoms with van der Waals surface area (Å²) in [6.45, 7) is 2.12. The van der Waals surface area contributed by atoms with Crippen molar-refractivity contribution < 1.29 is 9.53 Å². The number of hydrogen-bond acceptors (Lipinski definition) is 3. The number of carbonyl (C=O) groups is 1. The van der Waals surface area contributed by atoms with Crippen LogP contribution in [0, 0.1) is 0 Å². The quantitative estimate of drug-likeness (QED) is 0.603. The first-order chi connectivity index (χ1) is 8.79. The molecule has 1 aromatic carbocycles. The van der Waals surface area contributed by atoms with Crippen LogP contribution in [0.3, 0.4) is 0 Å². The van der Waals surface area contributed by atoms with Crippen LogP contribution in [0.4, 0.5) is 0 Å². The zero-order valence-electron chi connectivity index (χ0n) is 10.9. The van der Waals surface area contributed by atoms with Gasteiger partial charge >= 0.3 is 5.97 Å². The predicted molar refractivity (Wildman–Crippen MR) is 76.0 cm³/mol. The van der Waals surface area contributed by atoms with Gasteiger partial charge in [-0.2, -0.15) is 11.8 Å². The Morgan fingerprint density at radius 1 is 1.39 bits per heavy atom. The Kier molecular flexibility index (Phi) is 5.12. The molecule has 0 aliphatic heterocycles. The van der Waals surface area contributed by atoms with Gasteiger partial charge < -0.3 is 4.74 Å². The molecule has 3 heteroatoms. The molecule has 1 aliphatic rings. The summed E-state index contributed by atoms with van der Waals surface area (Å²) in [4.78, 5) is 11.7. The van der Waals surface area contributed by atoms with Crippen molar-refractivity contribution in [2.24, 2.45) is 0 Å². The lowest BCUT2D eigenvalue weighted by Gasteiger charge is -2.24. The minimum Gasteiger partial charge on any atom is -0.461 e. The van der Waals surface area contributed by atoms with Gasteiger partial charge in [0.1, 0.15) is 6.10 Å². The topological polar surface area (TPSA) is 26.3 Å². The summed E-state index contributed by atoms with van der Waals surface area (Å²) in [5, 5.41) is 0. The molecule has 1 unspecified atom stereocenters. The summed E-state index contributed by atoms with van der Waals surface area (Å²) in [5.41, 5.74) is 2.74. The van der Waals surface area contributed by atoms with Gasteiger partial charge in [0.05, 0.1) is 5.75 Å². The first kappa shape index (κ1) is 13.5. The number of ether oxygens (including phenoxy) is 1. The van der Waals surface area contributed by atoms with Gasteiger partial charge in [0, 0.05) is 6.42 Å². The number of hydrogen-bond donors (Lipinski definition) is 0. The Bertz CT molecular complexity index is 403. The second kappa shape index (κ2) is 6.83. The van der Waals surface area contributed by atoms with E-state index in [0.717, 1.165) is 31.4 Å². The molecule has 0 bridgehead atoms. The summed E-state index contributed by atoms with van der Waals surface area (Å²) in [7, 11) is 0. The van der Waals surface area contributed by atoms with E-state index < -0.39 is 0 Å². The van der Waals surface area contributed by atoms with E-state index in [9.17, 15) is 4.79 Å². The van der Waals surface area contributed by atoms with Crippen LogP contribution in [0.2, 0.25) is 0 Å². The number of fused-ring (bicyclic) bond motifs is 1. The second-order valence-electron chi connectivity index (χ2n) is 4.68. The summed E-state index contributed by atoms with van der Waals surface area (Å²) >= 11 is 1.66. The molecule has 0 aromatic heterocycles. The highest BCUT2D eigenvalue weighted by atomic mass is 32.2. The van der Waals surface area contributed by atoms with Gasteiger partial charge in [-0.15, -0.1) is 0 Å². The highest BCUT2D eigenvalue weighted by molar-refractivity contribution is 7.99. The molecule has 0 spiro atoms. The molecule has 2 rings (SSSR count). The zero-order valence-corrected chi connectivity index (χ0v) is 11.7. The first-order valence-electron chi connectivity index (χ1n) is 6.63. The highest BCUT2D eigenvalue weighted by Crippen LogP contribution is 2.23. The van der Waals surface area contributed by atoms with E-state index >= 15 is 0 Å². The van der Waals surface area contributed by atoms with Gasteiger partial charge in [0.25, 0.3) is 0 Å². The third-order valence-corrected chi connectivity index (χ3v) is 4.30. The third-order valence-electron chi connectivity index (χ3n) is 3.17. The molecule has 0 radical (unpaired) electrons. The van der Waals surface area contributed by atoms with E-state index in [-0.39, 0.29) is 12.1 Å². The van der Waals surface area contributed by atoms with E-state index in [2.05, 4.69) is 31.2 Å². The van der Waals surface area contributed by atoms with Crippen molar-refractivity contribution in [3.05, 3.63) is 35.4 Å². The normalized spacial score (nSPS) is 18.2. The van der Waals surface area contributed by atoms with Gasteiger partial charge in [-0.1, -0.05) is 31.2 Å². The Morgan fingerprint density at radius 2 is 2.17 bits per heavy atom. The average molecular weight is 264 g/mol.